The van der Waals surface area contributed by atoms with Gasteiger partial charge in [0.15, 0.2) is 0 Å². The first-order valence-corrected chi connectivity index (χ1v) is 9.04. The quantitative estimate of drug-likeness (QED) is 0.924. The number of aryl methyl sites for hydroxylation is 2. The largest absolute Gasteiger partial charge is 0.241 e. The molecule has 0 spiro atoms. The third-order valence-electron chi connectivity index (χ3n) is 4.39. The molecule has 118 valence electrons. The van der Waals surface area contributed by atoms with Gasteiger partial charge in [0, 0.05) is 6.54 Å². The van der Waals surface area contributed by atoms with Crippen molar-refractivity contribution in [2.75, 3.05) is 6.54 Å². The van der Waals surface area contributed by atoms with Crippen LogP contribution in [0.25, 0.3) is 0 Å². The van der Waals surface area contributed by atoms with Gasteiger partial charge in [-0.2, -0.15) is 0 Å². The molecule has 1 fully saturated rings. The minimum absolute atomic E-state index is 0.216. The Kier molecular flexibility index (Phi) is 5.04. The summed E-state index contributed by atoms with van der Waals surface area (Å²) < 4.78 is 40.9. The average molecular weight is 313 g/mol. The molecule has 5 heteroatoms. The van der Waals surface area contributed by atoms with Crippen LogP contribution in [0.4, 0.5) is 4.39 Å². The van der Waals surface area contributed by atoms with E-state index in [4.69, 9.17) is 0 Å². The first-order chi connectivity index (χ1) is 9.79. The number of hydrogen-bond acceptors (Lipinski definition) is 2. The number of hydrogen-bond donors (Lipinski definition) is 1. The van der Waals surface area contributed by atoms with E-state index in [1.54, 1.807) is 13.8 Å². The van der Waals surface area contributed by atoms with E-state index in [-0.39, 0.29) is 4.90 Å². The standard InChI is InChI=1S/C16H24FNO2S/c1-11-4-6-14(7-5-11)10-18-21(19,20)16-12(2)8-15(17)9-13(16)3/h8-9,11,14,18H,4-7,10H2,1-3H3. The Morgan fingerprint density at radius 1 is 1.14 bits per heavy atom. The van der Waals surface area contributed by atoms with Crippen LogP contribution in [0.5, 0.6) is 0 Å². The molecule has 2 rings (SSSR count). The Morgan fingerprint density at radius 2 is 1.67 bits per heavy atom. The third kappa shape index (κ3) is 4.04. The zero-order valence-corrected chi connectivity index (χ0v) is 13.8. The first-order valence-electron chi connectivity index (χ1n) is 7.56. The van der Waals surface area contributed by atoms with E-state index < -0.39 is 15.8 Å². The van der Waals surface area contributed by atoms with Crippen molar-refractivity contribution in [3.8, 4) is 0 Å². The van der Waals surface area contributed by atoms with Gasteiger partial charge in [0.2, 0.25) is 10.0 Å². The molecular weight excluding hydrogens is 289 g/mol. The second-order valence-corrected chi connectivity index (χ2v) is 8.05. The van der Waals surface area contributed by atoms with Gasteiger partial charge in [0.05, 0.1) is 4.90 Å². The average Bonchev–Trinajstić information content (AvgIpc) is 2.36. The van der Waals surface area contributed by atoms with Gasteiger partial charge in [-0.3, -0.25) is 0 Å². The van der Waals surface area contributed by atoms with Crippen molar-refractivity contribution in [3.63, 3.8) is 0 Å². The highest BCUT2D eigenvalue weighted by atomic mass is 32.2. The van der Waals surface area contributed by atoms with Crippen LogP contribution in [-0.2, 0) is 10.0 Å². The molecule has 0 saturated heterocycles. The molecule has 1 aliphatic carbocycles. The summed E-state index contributed by atoms with van der Waals surface area (Å²) in [6.45, 7) is 5.98. The molecule has 0 heterocycles. The van der Waals surface area contributed by atoms with Crippen LogP contribution in [0.3, 0.4) is 0 Å². The van der Waals surface area contributed by atoms with Crippen LogP contribution in [0, 0.1) is 31.5 Å². The lowest BCUT2D eigenvalue weighted by Crippen LogP contribution is -2.32. The Balaban J connectivity index is 2.09. The molecule has 1 aliphatic rings. The predicted molar refractivity (Wildman–Crippen MR) is 82.2 cm³/mol. The monoisotopic (exact) mass is 313 g/mol. The zero-order chi connectivity index (χ0) is 15.6. The summed E-state index contributed by atoms with van der Waals surface area (Å²) in [4.78, 5) is 0.216. The van der Waals surface area contributed by atoms with Crippen molar-refractivity contribution in [3.05, 3.63) is 29.1 Å². The van der Waals surface area contributed by atoms with Gasteiger partial charge in [-0.25, -0.2) is 17.5 Å². The number of benzene rings is 1. The lowest BCUT2D eigenvalue weighted by molar-refractivity contribution is 0.290. The van der Waals surface area contributed by atoms with Gasteiger partial charge >= 0.3 is 0 Å². The molecule has 1 saturated carbocycles. The van der Waals surface area contributed by atoms with Gasteiger partial charge in [0.25, 0.3) is 0 Å². The normalized spacial score (nSPS) is 23.2. The highest BCUT2D eigenvalue weighted by Gasteiger charge is 2.23. The Bertz CT molecular complexity index is 582. The van der Waals surface area contributed by atoms with Crippen molar-refractivity contribution >= 4 is 10.0 Å². The molecule has 1 N–H and O–H groups in total. The molecule has 0 radical (unpaired) electrons. The van der Waals surface area contributed by atoms with Crippen molar-refractivity contribution in [2.45, 2.75) is 51.3 Å². The molecule has 0 aliphatic heterocycles. The topological polar surface area (TPSA) is 46.2 Å². The number of halogens is 1. The van der Waals surface area contributed by atoms with Crippen molar-refractivity contribution in [1.82, 2.24) is 4.72 Å². The van der Waals surface area contributed by atoms with E-state index in [9.17, 15) is 12.8 Å². The van der Waals surface area contributed by atoms with Gasteiger partial charge in [-0.15, -0.1) is 0 Å². The fraction of sp³-hybridized carbons (Fsp3) is 0.625. The van der Waals surface area contributed by atoms with Crippen molar-refractivity contribution in [1.29, 1.82) is 0 Å². The summed E-state index contributed by atoms with van der Waals surface area (Å²) in [5, 5.41) is 0. The molecule has 21 heavy (non-hydrogen) atoms. The van der Waals surface area contributed by atoms with E-state index in [1.165, 1.54) is 25.0 Å². The van der Waals surface area contributed by atoms with Crippen LogP contribution in [-0.4, -0.2) is 15.0 Å². The molecule has 0 unspecified atom stereocenters. The van der Waals surface area contributed by atoms with Crippen LogP contribution in [0.1, 0.15) is 43.7 Å². The van der Waals surface area contributed by atoms with Crippen LogP contribution in [0.15, 0.2) is 17.0 Å². The van der Waals surface area contributed by atoms with Gasteiger partial charge < -0.3 is 0 Å². The number of sulfonamides is 1. The third-order valence-corrected chi connectivity index (χ3v) is 6.12. The highest BCUT2D eigenvalue weighted by Crippen LogP contribution is 2.28. The Labute approximate surface area is 127 Å². The molecule has 0 atom stereocenters. The maximum absolute atomic E-state index is 13.3. The zero-order valence-electron chi connectivity index (χ0n) is 12.9. The lowest BCUT2D eigenvalue weighted by atomic mass is 9.83. The Morgan fingerprint density at radius 3 is 2.19 bits per heavy atom. The van der Waals surface area contributed by atoms with Crippen LogP contribution >= 0.6 is 0 Å². The van der Waals surface area contributed by atoms with Crippen molar-refractivity contribution in [2.24, 2.45) is 11.8 Å². The SMILES string of the molecule is Cc1cc(F)cc(C)c1S(=O)(=O)NCC1CCC(C)CC1. The maximum Gasteiger partial charge on any atom is 0.241 e. The fourth-order valence-electron chi connectivity index (χ4n) is 3.15. The minimum atomic E-state index is -3.57. The van der Waals surface area contributed by atoms with Gasteiger partial charge in [-0.05, 0) is 61.8 Å². The summed E-state index contributed by atoms with van der Waals surface area (Å²) in [5.41, 5.74) is 0.912. The van der Waals surface area contributed by atoms with Crippen LogP contribution < -0.4 is 4.72 Å². The number of rotatable bonds is 4. The second kappa shape index (κ2) is 6.44. The van der Waals surface area contributed by atoms with E-state index in [2.05, 4.69) is 11.6 Å². The highest BCUT2D eigenvalue weighted by molar-refractivity contribution is 7.89. The summed E-state index contributed by atoms with van der Waals surface area (Å²) in [5.74, 6) is 0.765. The Hall–Kier alpha value is -0.940. The van der Waals surface area contributed by atoms with Gasteiger partial charge in [0.1, 0.15) is 5.82 Å². The smallest absolute Gasteiger partial charge is 0.211 e. The summed E-state index contributed by atoms with van der Waals surface area (Å²) in [6, 6.07) is 2.54. The maximum atomic E-state index is 13.3. The van der Waals surface area contributed by atoms with E-state index in [0.29, 0.717) is 23.6 Å². The summed E-state index contributed by atoms with van der Waals surface area (Å²) in [6.07, 6.45) is 4.48. The molecule has 3 nitrogen and oxygen atoms in total. The van der Waals surface area contributed by atoms with Crippen molar-refractivity contribution < 1.29 is 12.8 Å². The summed E-state index contributed by atoms with van der Waals surface area (Å²) >= 11 is 0. The molecule has 0 bridgehead atoms. The van der Waals surface area contributed by atoms with E-state index in [1.807, 2.05) is 0 Å². The van der Waals surface area contributed by atoms with Gasteiger partial charge in [-0.1, -0.05) is 19.8 Å². The van der Waals surface area contributed by atoms with Crippen LogP contribution in [0.2, 0.25) is 0 Å². The molecular formula is C16H24FNO2S. The fourth-order valence-corrected chi connectivity index (χ4v) is 4.72. The summed E-state index contributed by atoms with van der Waals surface area (Å²) in [7, 11) is -3.57. The number of nitrogens with one attached hydrogen (secondary N) is 1. The predicted octanol–water partition coefficient (Wildman–Crippen LogP) is 3.55. The molecule has 1 aromatic carbocycles. The molecule has 1 aromatic rings. The molecule has 0 aromatic heterocycles. The minimum Gasteiger partial charge on any atom is -0.211 e. The van der Waals surface area contributed by atoms with E-state index in [0.717, 1.165) is 18.8 Å². The second-order valence-electron chi connectivity index (χ2n) is 6.35. The lowest BCUT2D eigenvalue weighted by Gasteiger charge is -2.26. The first kappa shape index (κ1) is 16.4. The molecule has 0 amide bonds. The van der Waals surface area contributed by atoms with E-state index >= 15 is 0 Å².